The first kappa shape index (κ1) is 11.7. The predicted molar refractivity (Wildman–Crippen MR) is 59.5 cm³/mol. The van der Waals surface area contributed by atoms with E-state index in [1.807, 2.05) is 31.2 Å². The van der Waals surface area contributed by atoms with Crippen molar-refractivity contribution in [2.75, 3.05) is 0 Å². The van der Waals surface area contributed by atoms with E-state index < -0.39 is 11.9 Å². The van der Waals surface area contributed by atoms with Crippen LogP contribution in [-0.4, -0.2) is 11.1 Å². The molecular weight excluding hydrogens is 190 g/mol. The van der Waals surface area contributed by atoms with Gasteiger partial charge in [0.25, 0.3) is 0 Å². The Morgan fingerprint density at radius 1 is 1.53 bits per heavy atom. The van der Waals surface area contributed by atoms with Crippen LogP contribution < -0.4 is 5.73 Å². The Balaban J connectivity index is 2.68. The molecule has 0 spiro atoms. The van der Waals surface area contributed by atoms with Gasteiger partial charge < -0.3 is 10.8 Å². The lowest BCUT2D eigenvalue weighted by Crippen LogP contribution is -2.19. The molecule has 0 amide bonds. The predicted octanol–water partition coefficient (Wildman–Crippen LogP) is 2.11. The summed E-state index contributed by atoms with van der Waals surface area (Å²) >= 11 is 0. The first-order valence-corrected chi connectivity index (χ1v) is 5.05. The van der Waals surface area contributed by atoms with Gasteiger partial charge in [0.2, 0.25) is 0 Å². The van der Waals surface area contributed by atoms with Crippen molar-refractivity contribution in [2.45, 2.75) is 26.3 Å². The second kappa shape index (κ2) is 4.94. The number of carbonyl (C=O) groups is 1. The third-order valence-corrected chi connectivity index (χ3v) is 2.50. The molecule has 1 rings (SSSR count). The Labute approximate surface area is 89.9 Å². The van der Waals surface area contributed by atoms with Crippen molar-refractivity contribution >= 4 is 5.97 Å². The van der Waals surface area contributed by atoms with Gasteiger partial charge in [-0.25, -0.2) is 0 Å². The van der Waals surface area contributed by atoms with Crippen LogP contribution >= 0.6 is 0 Å². The highest BCUT2D eigenvalue weighted by molar-refractivity contribution is 5.69. The summed E-state index contributed by atoms with van der Waals surface area (Å²) in [6.45, 7) is 3.68. The maximum atomic E-state index is 10.7. The molecule has 3 N–H and O–H groups in total. The number of aryl methyl sites for hydroxylation is 1. The van der Waals surface area contributed by atoms with Crippen molar-refractivity contribution in [3.8, 4) is 0 Å². The Kier molecular flexibility index (Phi) is 3.86. The zero-order valence-corrected chi connectivity index (χ0v) is 9.10. The molecule has 0 aliphatic carbocycles. The van der Waals surface area contributed by atoms with Gasteiger partial charge in [0, 0.05) is 6.04 Å². The lowest BCUT2D eigenvalue weighted by molar-refractivity contribution is -0.141. The van der Waals surface area contributed by atoms with Gasteiger partial charge in [0.05, 0.1) is 5.92 Å². The molecule has 82 valence electrons. The highest BCUT2D eigenvalue weighted by Crippen LogP contribution is 2.19. The fraction of sp³-hybridized carbons (Fsp3) is 0.417. The number of benzene rings is 1. The van der Waals surface area contributed by atoms with Crippen molar-refractivity contribution in [1.82, 2.24) is 0 Å². The topological polar surface area (TPSA) is 63.3 Å². The van der Waals surface area contributed by atoms with E-state index in [0.717, 1.165) is 11.1 Å². The first-order chi connectivity index (χ1) is 7.00. The molecule has 0 aliphatic heterocycles. The molecule has 2 atom stereocenters. The molecule has 1 aromatic rings. The summed E-state index contributed by atoms with van der Waals surface area (Å²) < 4.78 is 0. The summed E-state index contributed by atoms with van der Waals surface area (Å²) in [5.41, 5.74) is 8.09. The fourth-order valence-electron chi connectivity index (χ4n) is 1.52. The van der Waals surface area contributed by atoms with Crippen LogP contribution in [0.15, 0.2) is 24.3 Å². The summed E-state index contributed by atoms with van der Waals surface area (Å²) in [7, 11) is 0. The van der Waals surface area contributed by atoms with E-state index in [1.54, 1.807) is 6.92 Å². The number of carboxylic acids is 1. The van der Waals surface area contributed by atoms with E-state index in [0.29, 0.717) is 6.42 Å². The molecule has 0 aliphatic rings. The van der Waals surface area contributed by atoms with Crippen LogP contribution in [0.3, 0.4) is 0 Å². The van der Waals surface area contributed by atoms with Crippen LogP contribution in [-0.2, 0) is 4.79 Å². The zero-order chi connectivity index (χ0) is 11.4. The Hall–Kier alpha value is -1.35. The zero-order valence-electron chi connectivity index (χ0n) is 9.10. The lowest BCUT2D eigenvalue weighted by Gasteiger charge is -2.15. The number of hydrogen-bond acceptors (Lipinski definition) is 2. The second-order valence-corrected chi connectivity index (χ2v) is 4.00. The minimum absolute atomic E-state index is 0.198. The average molecular weight is 207 g/mol. The summed E-state index contributed by atoms with van der Waals surface area (Å²) in [6.07, 6.45) is 0.471. The average Bonchev–Trinajstić information content (AvgIpc) is 2.17. The molecule has 0 aromatic heterocycles. The summed E-state index contributed by atoms with van der Waals surface area (Å²) in [6, 6.07) is 7.68. The van der Waals surface area contributed by atoms with Gasteiger partial charge >= 0.3 is 5.97 Å². The van der Waals surface area contributed by atoms with Crippen molar-refractivity contribution in [3.63, 3.8) is 0 Å². The molecule has 0 saturated carbocycles. The van der Waals surface area contributed by atoms with Gasteiger partial charge in [-0.15, -0.1) is 0 Å². The molecule has 0 fully saturated rings. The van der Waals surface area contributed by atoms with Gasteiger partial charge in [-0.2, -0.15) is 0 Å². The van der Waals surface area contributed by atoms with E-state index in [9.17, 15) is 4.79 Å². The fourth-order valence-corrected chi connectivity index (χ4v) is 1.52. The molecule has 0 saturated heterocycles. The summed E-state index contributed by atoms with van der Waals surface area (Å²) in [5.74, 6) is -1.20. The molecule has 3 heteroatoms. The highest BCUT2D eigenvalue weighted by Gasteiger charge is 2.16. The standard InChI is InChI=1S/C12H17NO2/c1-8-4-3-5-10(6-8)11(13)7-9(2)12(14)15/h3-6,9,11H,7,13H2,1-2H3,(H,14,15). The molecule has 3 nitrogen and oxygen atoms in total. The second-order valence-electron chi connectivity index (χ2n) is 4.00. The molecule has 2 unspecified atom stereocenters. The smallest absolute Gasteiger partial charge is 0.306 e. The normalized spacial score (nSPS) is 14.6. The number of aliphatic carboxylic acids is 1. The van der Waals surface area contributed by atoms with Gasteiger partial charge in [-0.05, 0) is 18.9 Å². The highest BCUT2D eigenvalue weighted by atomic mass is 16.4. The summed E-state index contributed by atoms with van der Waals surface area (Å²) in [5, 5.41) is 8.78. The van der Waals surface area contributed by atoms with Crippen LogP contribution in [0, 0.1) is 12.8 Å². The molecule has 0 radical (unpaired) electrons. The quantitative estimate of drug-likeness (QED) is 0.794. The lowest BCUT2D eigenvalue weighted by atomic mass is 9.96. The third-order valence-electron chi connectivity index (χ3n) is 2.50. The molecule has 0 heterocycles. The molecule has 0 bridgehead atoms. The van der Waals surface area contributed by atoms with E-state index in [-0.39, 0.29) is 6.04 Å². The van der Waals surface area contributed by atoms with Crippen molar-refractivity contribution in [2.24, 2.45) is 11.7 Å². The van der Waals surface area contributed by atoms with Crippen LogP contribution in [0.5, 0.6) is 0 Å². The molecule has 1 aromatic carbocycles. The molecule has 15 heavy (non-hydrogen) atoms. The maximum Gasteiger partial charge on any atom is 0.306 e. The van der Waals surface area contributed by atoms with E-state index in [1.165, 1.54) is 0 Å². The summed E-state index contributed by atoms with van der Waals surface area (Å²) in [4.78, 5) is 10.7. The minimum atomic E-state index is -0.793. The Morgan fingerprint density at radius 2 is 2.20 bits per heavy atom. The maximum absolute atomic E-state index is 10.7. The molecular formula is C12H17NO2. The third kappa shape index (κ3) is 3.36. The Morgan fingerprint density at radius 3 is 2.73 bits per heavy atom. The SMILES string of the molecule is Cc1cccc(C(N)CC(C)C(=O)O)c1. The van der Waals surface area contributed by atoms with Crippen molar-refractivity contribution in [3.05, 3.63) is 35.4 Å². The monoisotopic (exact) mass is 207 g/mol. The number of rotatable bonds is 4. The van der Waals surface area contributed by atoms with Crippen molar-refractivity contribution in [1.29, 1.82) is 0 Å². The van der Waals surface area contributed by atoms with Gasteiger partial charge in [0.1, 0.15) is 0 Å². The number of hydrogen-bond donors (Lipinski definition) is 2. The first-order valence-electron chi connectivity index (χ1n) is 5.05. The van der Waals surface area contributed by atoms with E-state index >= 15 is 0 Å². The van der Waals surface area contributed by atoms with Gasteiger partial charge in [0.15, 0.2) is 0 Å². The Bertz CT molecular complexity index is 349. The van der Waals surface area contributed by atoms with Crippen molar-refractivity contribution < 1.29 is 9.90 Å². The van der Waals surface area contributed by atoms with E-state index in [2.05, 4.69) is 0 Å². The number of carboxylic acid groups (broad SMARTS) is 1. The minimum Gasteiger partial charge on any atom is -0.481 e. The van der Waals surface area contributed by atoms with E-state index in [4.69, 9.17) is 10.8 Å². The van der Waals surface area contributed by atoms with Crippen LogP contribution in [0.25, 0.3) is 0 Å². The number of nitrogens with two attached hydrogens (primary N) is 1. The van der Waals surface area contributed by atoms with Gasteiger partial charge in [-0.1, -0.05) is 36.8 Å². The van der Waals surface area contributed by atoms with Crippen LogP contribution in [0.1, 0.15) is 30.5 Å². The van der Waals surface area contributed by atoms with Gasteiger partial charge in [-0.3, -0.25) is 4.79 Å². The largest absolute Gasteiger partial charge is 0.481 e. The van der Waals surface area contributed by atoms with Crippen LogP contribution in [0.4, 0.5) is 0 Å². The van der Waals surface area contributed by atoms with Crippen LogP contribution in [0.2, 0.25) is 0 Å².